The van der Waals surface area contributed by atoms with Gasteiger partial charge in [0.05, 0.1) is 18.9 Å². The van der Waals surface area contributed by atoms with Gasteiger partial charge in [-0.05, 0) is 11.8 Å². The molecule has 3 atom stereocenters. The van der Waals surface area contributed by atoms with Crippen molar-refractivity contribution < 1.29 is 24.3 Å². The second kappa shape index (κ2) is 11.1. The third kappa shape index (κ3) is 7.90. The van der Waals surface area contributed by atoms with E-state index in [9.17, 15) is 24.3 Å². The van der Waals surface area contributed by atoms with Gasteiger partial charge in [-0.1, -0.05) is 27.7 Å². The maximum absolute atomic E-state index is 12.4. The van der Waals surface area contributed by atoms with Crippen molar-refractivity contribution in [2.75, 3.05) is 6.54 Å². The third-order valence-electron chi connectivity index (χ3n) is 4.30. The highest BCUT2D eigenvalue weighted by Gasteiger charge is 2.28. The van der Waals surface area contributed by atoms with Gasteiger partial charge >= 0.3 is 5.97 Å². The lowest BCUT2D eigenvalue weighted by molar-refractivity contribution is -0.141. The average molecular weight is 410 g/mol. The first-order valence-corrected chi connectivity index (χ1v) is 9.36. The molecule has 0 fully saturated rings. The predicted molar refractivity (Wildman–Crippen MR) is 104 cm³/mol. The average Bonchev–Trinajstić information content (AvgIpc) is 3.15. The maximum atomic E-state index is 12.4. The van der Waals surface area contributed by atoms with Crippen LogP contribution in [-0.4, -0.2) is 63.4 Å². The van der Waals surface area contributed by atoms with E-state index in [2.05, 4.69) is 25.9 Å². The van der Waals surface area contributed by atoms with Gasteiger partial charge in [0.2, 0.25) is 17.7 Å². The number of aromatic nitrogens is 2. The zero-order valence-electron chi connectivity index (χ0n) is 17.1. The van der Waals surface area contributed by atoms with Crippen LogP contribution in [0, 0.1) is 11.8 Å². The molecule has 29 heavy (non-hydrogen) atoms. The Hall–Kier alpha value is -2.95. The molecule has 0 saturated carbocycles. The zero-order valence-corrected chi connectivity index (χ0v) is 17.1. The van der Waals surface area contributed by atoms with E-state index in [1.54, 1.807) is 27.7 Å². The lowest BCUT2D eigenvalue weighted by Gasteiger charge is -2.24. The minimum Gasteiger partial charge on any atom is -0.480 e. The first-order chi connectivity index (χ1) is 13.5. The summed E-state index contributed by atoms with van der Waals surface area (Å²) in [5, 5.41) is 16.6. The summed E-state index contributed by atoms with van der Waals surface area (Å²) in [5.74, 6) is -3.23. The molecular formula is C18H30N6O5. The second-order valence-electron chi connectivity index (χ2n) is 7.46. The summed E-state index contributed by atoms with van der Waals surface area (Å²) >= 11 is 0. The van der Waals surface area contributed by atoms with Crippen LogP contribution in [0.4, 0.5) is 0 Å². The van der Waals surface area contributed by atoms with Crippen LogP contribution >= 0.6 is 0 Å². The summed E-state index contributed by atoms with van der Waals surface area (Å²) < 4.78 is 0. The quantitative estimate of drug-likeness (QED) is 0.264. The second-order valence-corrected chi connectivity index (χ2v) is 7.46. The molecule has 0 aromatic carbocycles. The Morgan fingerprint density at radius 3 is 2.24 bits per heavy atom. The number of H-pyrrole nitrogens is 1. The number of amides is 3. The summed E-state index contributed by atoms with van der Waals surface area (Å²) in [5.41, 5.74) is 6.35. The summed E-state index contributed by atoms with van der Waals surface area (Å²) in [6.07, 6.45) is 2.89. The van der Waals surface area contributed by atoms with E-state index in [0.29, 0.717) is 5.69 Å². The van der Waals surface area contributed by atoms with E-state index in [1.165, 1.54) is 12.5 Å². The SMILES string of the molecule is CC(C)C(N)C(=O)NC(C(=O)NCC(=O)NC(Cc1cnc[nH]1)C(=O)O)C(C)C. The molecule has 11 nitrogen and oxygen atoms in total. The molecule has 1 aromatic heterocycles. The van der Waals surface area contributed by atoms with Crippen LogP contribution in [0.1, 0.15) is 33.4 Å². The van der Waals surface area contributed by atoms with E-state index < -0.39 is 48.4 Å². The number of hydrogen-bond donors (Lipinski definition) is 6. The molecule has 0 aliphatic carbocycles. The van der Waals surface area contributed by atoms with E-state index in [1.807, 2.05) is 0 Å². The lowest BCUT2D eigenvalue weighted by Crippen LogP contribution is -2.56. The highest BCUT2D eigenvalue weighted by Crippen LogP contribution is 2.05. The Kier molecular flexibility index (Phi) is 9.26. The highest BCUT2D eigenvalue weighted by atomic mass is 16.4. The van der Waals surface area contributed by atoms with Crippen LogP contribution in [0.15, 0.2) is 12.5 Å². The van der Waals surface area contributed by atoms with Crippen molar-refractivity contribution in [3.8, 4) is 0 Å². The molecule has 1 heterocycles. The molecule has 162 valence electrons. The number of nitrogens with one attached hydrogen (secondary N) is 4. The number of imidazole rings is 1. The van der Waals surface area contributed by atoms with Gasteiger partial charge in [-0.3, -0.25) is 14.4 Å². The molecule has 0 aliphatic heterocycles. The van der Waals surface area contributed by atoms with Crippen LogP contribution in [0.3, 0.4) is 0 Å². The smallest absolute Gasteiger partial charge is 0.326 e. The molecule has 0 saturated heterocycles. The highest BCUT2D eigenvalue weighted by molar-refractivity contribution is 5.92. The van der Waals surface area contributed by atoms with Gasteiger partial charge in [0.15, 0.2) is 0 Å². The monoisotopic (exact) mass is 410 g/mol. The number of aromatic amines is 1. The molecule has 1 rings (SSSR count). The van der Waals surface area contributed by atoms with Gasteiger partial charge in [-0.25, -0.2) is 9.78 Å². The number of carbonyl (C=O) groups excluding carboxylic acids is 3. The van der Waals surface area contributed by atoms with Crippen molar-refractivity contribution in [1.82, 2.24) is 25.9 Å². The first-order valence-electron chi connectivity index (χ1n) is 9.36. The van der Waals surface area contributed by atoms with E-state index in [0.717, 1.165) is 0 Å². The van der Waals surface area contributed by atoms with Crippen molar-refractivity contribution in [1.29, 1.82) is 0 Å². The summed E-state index contributed by atoms with van der Waals surface area (Å²) in [6, 6.07) is -2.81. The number of carboxylic acid groups (broad SMARTS) is 1. The molecule has 0 bridgehead atoms. The number of carboxylic acids is 1. The van der Waals surface area contributed by atoms with Crippen molar-refractivity contribution in [2.24, 2.45) is 17.6 Å². The van der Waals surface area contributed by atoms with Crippen LogP contribution in [0.2, 0.25) is 0 Å². The largest absolute Gasteiger partial charge is 0.480 e. The normalized spacial score (nSPS) is 14.2. The molecule has 0 aliphatic rings. The number of carbonyl (C=O) groups is 4. The van der Waals surface area contributed by atoms with Gasteiger partial charge < -0.3 is 31.8 Å². The molecule has 3 amide bonds. The fourth-order valence-electron chi connectivity index (χ4n) is 2.43. The number of nitrogens with zero attached hydrogens (tertiary/aromatic N) is 1. The van der Waals surface area contributed by atoms with E-state index in [4.69, 9.17) is 5.73 Å². The fourth-order valence-corrected chi connectivity index (χ4v) is 2.43. The Morgan fingerprint density at radius 1 is 1.10 bits per heavy atom. The third-order valence-corrected chi connectivity index (χ3v) is 4.30. The van der Waals surface area contributed by atoms with Gasteiger partial charge in [-0.15, -0.1) is 0 Å². The van der Waals surface area contributed by atoms with Crippen molar-refractivity contribution in [3.63, 3.8) is 0 Å². The topological polar surface area (TPSA) is 179 Å². The van der Waals surface area contributed by atoms with Gasteiger partial charge in [-0.2, -0.15) is 0 Å². The standard InChI is InChI=1S/C18H30N6O5/c1-9(2)14(19)16(26)24-15(10(3)4)17(27)21-7-13(25)23-12(18(28)29)5-11-6-20-8-22-11/h6,8-10,12,14-15H,5,7,19H2,1-4H3,(H,20,22)(H,21,27)(H,23,25)(H,24,26)(H,28,29). The van der Waals surface area contributed by atoms with Crippen molar-refractivity contribution in [2.45, 2.75) is 52.2 Å². The Bertz CT molecular complexity index is 704. The molecule has 0 radical (unpaired) electrons. The number of hydrogen-bond acceptors (Lipinski definition) is 6. The number of rotatable bonds is 11. The predicted octanol–water partition coefficient (Wildman–Crippen LogP) is -1.24. The minimum atomic E-state index is -1.21. The molecule has 3 unspecified atom stereocenters. The van der Waals surface area contributed by atoms with E-state index >= 15 is 0 Å². The maximum Gasteiger partial charge on any atom is 0.326 e. The summed E-state index contributed by atoms with van der Waals surface area (Å²) in [7, 11) is 0. The van der Waals surface area contributed by atoms with Crippen LogP contribution < -0.4 is 21.7 Å². The lowest BCUT2D eigenvalue weighted by atomic mass is 10.0. The van der Waals surface area contributed by atoms with Gasteiger partial charge in [0, 0.05) is 18.3 Å². The van der Waals surface area contributed by atoms with Crippen LogP contribution in [0.5, 0.6) is 0 Å². The van der Waals surface area contributed by atoms with Crippen molar-refractivity contribution in [3.05, 3.63) is 18.2 Å². The van der Waals surface area contributed by atoms with Crippen molar-refractivity contribution >= 4 is 23.7 Å². The fraction of sp³-hybridized carbons (Fsp3) is 0.611. The molecular weight excluding hydrogens is 380 g/mol. The van der Waals surface area contributed by atoms with Gasteiger partial charge in [0.1, 0.15) is 12.1 Å². The van der Waals surface area contributed by atoms with Crippen LogP contribution in [-0.2, 0) is 25.6 Å². The number of nitrogens with two attached hydrogens (primary N) is 1. The Balaban J connectivity index is 2.61. The minimum absolute atomic E-state index is 0.0206. The first kappa shape index (κ1) is 24.1. The zero-order chi connectivity index (χ0) is 22.1. The Morgan fingerprint density at radius 2 is 1.76 bits per heavy atom. The summed E-state index contributed by atoms with van der Waals surface area (Å²) in [4.78, 5) is 54.5. The molecule has 11 heteroatoms. The molecule has 0 spiro atoms. The Labute approximate surface area is 169 Å². The van der Waals surface area contributed by atoms with Crippen LogP contribution in [0.25, 0.3) is 0 Å². The molecule has 1 aromatic rings. The van der Waals surface area contributed by atoms with Gasteiger partial charge in [0.25, 0.3) is 0 Å². The molecule has 7 N–H and O–H groups in total. The van der Waals surface area contributed by atoms with E-state index in [-0.39, 0.29) is 18.3 Å². The number of aliphatic carboxylic acids is 1. The summed E-state index contributed by atoms with van der Waals surface area (Å²) in [6.45, 7) is 6.65.